The minimum atomic E-state index is -0.997. The van der Waals surface area contributed by atoms with Gasteiger partial charge in [-0.25, -0.2) is 4.79 Å². The van der Waals surface area contributed by atoms with E-state index in [2.05, 4.69) is 21.3 Å². The van der Waals surface area contributed by atoms with E-state index in [1.807, 2.05) is 55.4 Å². The van der Waals surface area contributed by atoms with Crippen LogP contribution in [0.25, 0.3) is 0 Å². The number of nitrogens with zero attached hydrogens (tertiary/aromatic N) is 2. The Morgan fingerprint density at radius 1 is 0.902 bits per heavy atom. The van der Waals surface area contributed by atoms with E-state index >= 15 is 0 Å². The zero-order valence-electron chi connectivity index (χ0n) is 32.1. The summed E-state index contributed by atoms with van der Waals surface area (Å²) in [6.07, 6.45) is 7.63. The quantitative estimate of drug-likeness (QED) is 0.167. The van der Waals surface area contributed by atoms with Crippen molar-refractivity contribution in [3.05, 3.63) is 0 Å². The van der Waals surface area contributed by atoms with E-state index in [0.717, 1.165) is 32.1 Å². The van der Waals surface area contributed by atoms with Gasteiger partial charge < -0.3 is 26.2 Å². The number of hydrogen-bond acceptors (Lipinski definition) is 7. The Balaban J connectivity index is 1.53. The third-order valence-electron chi connectivity index (χ3n) is 11.2. The third-order valence-corrected chi connectivity index (χ3v) is 11.2. The molecule has 0 spiro atoms. The van der Waals surface area contributed by atoms with E-state index in [1.165, 1.54) is 9.80 Å². The fourth-order valence-electron chi connectivity index (χ4n) is 7.82. The second-order valence-corrected chi connectivity index (χ2v) is 17.9. The summed E-state index contributed by atoms with van der Waals surface area (Å²) in [6, 6.07) is -3.99. The molecule has 286 valence electrons. The lowest BCUT2D eigenvalue weighted by Crippen LogP contribution is -2.63. The number of amides is 7. The van der Waals surface area contributed by atoms with Crippen molar-refractivity contribution in [3.63, 3.8) is 0 Å². The van der Waals surface area contributed by atoms with Crippen molar-refractivity contribution in [2.45, 2.75) is 163 Å². The summed E-state index contributed by atoms with van der Waals surface area (Å²) in [5.74, 6) is -2.77. The number of Topliss-reactive ketones (excluding diaryl/α,β-unsaturated/α-hetero) is 1. The van der Waals surface area contributed by atoms with Gasteiger partial charge in [0.2, 0.25) is 29.4 Å². The summed E-state index contributed by atoms with van der Waals surface area (Å²) in [5, 5.41) is 11.5. The number of likely N-dealkylation sites (tertiary alicyclic amines) is 2. The van der Waals surface area contributed by atoms with Gasteiger partial charge >= 0.3 is 6.03 Å². The fourth-order valence-corrected chi connectivity index (χ4v) is 7.82. The Bertz CT molecular complexity index is 1340. The first kappa shape index (κ1) is 40.3. The molecule has 0 aromatic heterocycles. The van der Waals surface area contributed by atoms with Crippen molar-refractivity contribution in [1.29, 1.82) is 0 Å². The van der Waals surface area contributed by atoms with Crippen molar-refractivity contribution >= 4 is 41.4 Å². The molecule has 0 radical (unpaired) electrons. The SMILES string of the molecule is CCCC(NC(=O)[C@@H]1CC(C)CN1C(=O)[C@@H](NC(=O)N[C@H](CN1C(=O)CC(C)(C)CC1=O)C(C)(C)C)C1(C)CCCCC1)C(=O)C(=O)NC1CC1. The van der Waals surface area contributed by atoms with Crippen molar-refractivity contribution in [1.82, 2.24) is 31.1 Å². The highest BCUT2D eigenvalue weighted by Crippen LogP contribution is 2.41. The van der Waals surface area contributed by atoms with Crippen LogP contribution in [0.2, 0.25) is 0 Å². The third kappa shape index (κ3) is 10.3. The van der Waals surface area contributed by atoms with Crippen molar-refractivity contribution in [2.24, 2.45) is 22.2 Å². The number of imide groups is 1. The van der Waals surface area contributed by atoms with Crippen LogP contribution in [-0.4, -0.2) is 94.4 Å². The largest absolute Gasteiger partial charge is 0.347 e. The van der Waals surface area contributed by atoms with Gasteiger partial charge in [0, 0.05) is 32.0 Å². The lowest BCUT2D eigenvalue weighted by Gasteiger charge is -2.43. The van der Waals surface area contributed by atoms with Crippen LogP contribution in [0.5, 0.6) is 0 Å². The molecule has 2 heterocycles. The number of hydrogen-bond donors (Lipinski definition) is 4. The van der Waals surface area contributed by atoms with E-state index < -0.39 is 64.0 Å². The smallest absolute Gasteiger partial charge is 0.315 e. The molecule has 13 nitrogen and oxygen atoms in total. The molecule has 4 fully saturated rings. The summed E-state index contributed by atoms with van der Waals surface area (Å²) < 4.78 is 0. The van der Waals surface area contributed by atoms with E-state index in [9.17, 15) is 33.6 Å². The average Bonchev–Trinajstić information content (AvgIpc) is 3.76. The molecule has 0 aromatic rings. The molecule has 5 atom stereocenters. The molecule has 2 unspecified atom stereocenters. The van der Waals surface area contributed by atoms with Gasteiger partial charge in [0.05, 0.1) is 12.1 Å². The Morgan fingerprint density at radius 2 is 1.51 bits per heavy atom. The molecule has 13 heteroatoms. The van der Waals surface area contributed by atoms with E-state index in [-0.39, 0.29) is 49.1 Å². The molecular formula is C38H62N6O7. The first-order chi connectivity index (χ1) is 23.7. The summed E-state index contributed by atoms with van der Waals surface area (Å²) in [5.41, 5.74) is -1.54. The summed E-state index contributed by atoms with van der Waals surface area (Å²) in [7, 11) is 0. The van der Waals surface area contributed by atoms with Crippen molar-refractivity contribution < 1.29 is 33.6 Å². The number of nitrogens with one attached hydrogen (secondary N) is 4. The predicted molar refractivity (Wildman–Crippen MR) is 192 cm³/mol. The fraction of sp³-hybridized carbons (Fsp3) is 0.816. The highest BCUT2D eigenvalue weighted by molar-refractivity contribution is 6.38. The monoisotopic (exact) mass is 714 g/mol. The topological polar surface area (TPSA) is 174 Å². The van der Waals surface area contributed by atoms with Gasteiger partial charge in [-0.1, -0.05) is 81.1 Å². The van der Waals surface area contributed by atoms with E-state index in [1.54, 1.807) is 0 Å². The average molecular weight is 715 g/mol. The molecule has 0 bridgehead atoms. The van der Waals surface area contributed by atoms with Gasteiger partial charge in [-0.2, -0.15) is 0 Å². The van der Waals surface area contributed by atoms with Gasteiger partial charge in [0.25, 0.3) is 5.91 Å². The maximum atomic E-state index is 14.6. The number of urea groups is 1. The molecule has 4 aliphatic rings. The van der Waals surface area contributed by atoms with Crippen LogP contribution in [0.1, 0.15) is 132 Å². The predicted octanol–water partition coefficient (Wildman–Crippen LogP) is 3.58. The second kappa shape index (κ2) is 16.0. The minimum Gasteiger partial charge on any atom is -0.347 e. The maximum Gasteiger partial charge on any atom is 0.315 e. The molecule has 4 N–H and O–H groups in total. The zero-order valence-corrected chi connectivity index (χ0v) is 32.1. The molecule has 2 saturated carbocycles. The Morgan fingerprint density at radius 3 is 2.06 bits per heavy atom. The molecular weight excluding hydrogens is 652 g/mol. The van der Waals surface area contributed by atoms with Crippen LogP contribution < -0.4 is 21.3 Å². The van der Waals surface area contributed by atoms with E-state index in [4.69, 9.17) is 0 Å². The summed E-state index contributed by atoms with van der Waals surface area (Å²) in [6.45, 7) is 15.7. The Labute approximate surface area is 303 Å². The molecule has 7 amide bonds. The van der Waals surface area contributed by atoms with Gasteiger partial charge in [0.1, 0.15) is 12.1 Å². The maximum absolute atomic E-state index is 14.6. The molecule has 2 saturated heterocycles. The minimum absolute atomic E-state index is 0.00634. The highest BCUT2D eigenvalue weighted by atomic mass is 16.2. The zero-order chi connectivity index (χ0) is 37.9. The first-order valence-corrected chi connectivity index (χ1v) is 19.1. The van der Waals surface area contributed by atoms with Crippen LogP contribution in [0.3, 0.4) is 0 Å². The first-order valence-electron chi connectivity index (χ1n) is 19.1. The van der Waals surface area contributed by atoms with Crippen molar-refractivity contribution in [2.75, 3.05) is 13.1 Å². The number of carbonyl (C=O) groups excluding carboxylic acids is 7. The van der Waals surface area contributed by atoms with Gasteiger partial charge in [-0.3, -0.25) is 33.7 Å². The number of carbonyl (C=O) groups is 7. The number of rotatable bonds is 13. The van der Waals surface area contributed by atoms with E-state index in [0.29, 0.717) is 38.6 Å². The molecule has 2 aliphatic carbocycles. The molecule has 2 aliphatic heterocycles. The Hall–Kier alpha value is -3.51. The second-order valence-electron chi connectivity index (χ2n) is 17.9. The van der Waals surface area contributed by atoms with Crippen LogP contribution in [-0.2, 0) is 28.8 Å². The van der Waals surface area contributed by atoms with Crippen LogP contribution in [0.4, 0.5) is 4.79 Å². The molecule has 51 heavy (non-hydrogen) atoms. The molecule has 0 aromatic carbocycles. The van der Waals surface area contributed by atoms with Gasteiger partial charge in [-0.05, 0) is 60.7 Å². The standard InChI is InChI=1S/C38H62N6O7/c1-9-13-25(30(47)33(49)39-24-14-15-24)40-32(48)26-18-23(2)21-43(26)34(50)31(38(8)16-11-10-12-17-38)42-35(51)41-27(36(3,4)5)22-44-28(45)19-37(6,7)20-29(44)46/h23-27,31H,9-22H2,1-8H3,(H,39,49)(H,40,48)(H2,41,42,51)/t23?,25?,26-,27+,31+/m0/s1. The Kier molecular flexibility index (Phi) is 12.6. The van der Waals surface area contributed by atoms with Crippen LogP contribution in [0, 0.1) is 22.2 Å². The lowest BCUT2D eigenvalue weighted by atomic mass is 9.70. The van der Waals surface area contributed by atoms with Crippen LogP contribution >= 0.6 is 0 Å². The number of piperidine rings is 1. The van der Waals surface area contributed by atoms with Gasteiger partial charge in [0.15, 0.2) is 0 Å². The summed E-state index contributed by atoms with van der Waals surface area (Å²) >= 11 is 0. The molecule has 4 rings (SSSR count). The van der Waals surface area contributed by atoms with Crippen LogP contribution in [0.15, 0.2) is 0 Å². The lowest BCUT2D eigenvalue weighted by molar-refractivity contribution is -0.153. The highest BCUT2D eigenvalue weighted by Gasteiger charge is 2.48. The van der Waals surface area contributed by atoms with Gasteiger partial charge in [-0.15, -0.1) is 0 Å². The normalized spacial score (nSPS) is 25.0. The number of ketones is 1. The van der Waals surface area contributed by atoms with Crippen molar-refractivity contribution in [3.8, 4) is 0 Å². The summed E-state index contributed by atoms with van der Waals surface area (Å²) in [4.78, 5) is 96.9.